The minimum Gasteiger partial charge on any atom is -0.370 e. The predicted octanol–water partition coefficient (Wildman–Crippen LogP) is 3.62. The smallest absolute Gasteiger partial charge is 0.193 e. The van der Waals surface area contributed by atoms with Crippen LogP contribution in [0, 0.1) is 0 Å². The molecule has 0 amide bonds. The van der Waals surface area contributed by atoms with Gasteiger partial charge in [-0.1, -0.05) is 29.5 Å². The Bertz CT molecular complexity index is 882. The third-order valence-electron chi connectivity index (χ3n) is 4.33. The molecule has 25 heavy (non-hydrogen) atoms. The Morgan fingerprint density at radius 1 is 1.16 bits per heavy atom. The molecule has 1 aromatic heterocycles. The van der Waals surface area contributed by atoms with E-state index in [1.165, 1.54) is 28.7 Å². The van der Waals surface area contributed by atoms with Crippen molar-refractivity contribution in [2.75, 3.05) is 23.7 Å². The summed E-state index contributed by atoms with van der Waals surface area (Å²) < 4.78 is 1.19. The molecule has 5 nitrogen and oxygen atoms in total. The van der Waals surface area contributed by atoms with Crippen molar-refractivity contribution in [1.29, 1.82) is 0 Å². The van der Waals surface area contributed by atoms with E-state index in [-0.39, 0.29) is 0 Å². The van der Waals surface area contributed by atoms with Crippen LogP contribution in [-0.2, 0) is 12.8 Å². The van der Waals surface area contributed by atoms with E-state index >= 15 is 0 Å². The van der Waals surface area contributed by atoms with Gasteiger partial charge in [-0.15, -0.1) is 0 Å². The summed E-state index contributed by atoms with van der Waals surface area (Å²) in [4.78, 5) is 8.92. The van der Waals surface area contributed by atoms with E-state index in [1.807, 2.05) is 18.2 Å². The molecule has 0 spiro atoms. The van der Waals surface area contributed by atoms with Gasteiger partial charge in [-0.3, -0.25) is 4.99 Å². The highest BCUT2D eigenvalue weighted by molar-refractivity contribution is 7.22. The number of guanidine groups is 1. The molecule has 2 aromatic carbocycles. The van der Waals surface area contributed by atoms with Gasteiger partial charge >= 0.3 is 0 Å². The van der Waals surface area contributed by atoms with Crippen molar-refractivity contribution in [3.63, 3.8) is 0 Å². The monoisotopic (exact) mass is 351 g/mol. The lowest BCUT2D eigenvalue weighted by molar-refractivity contribution is 0.912. The number of nitrogens with two attached hydrogens (primary N) is 1. The number of fused-ring (bicyclic) bond motifs is 2. The summed E-state index contributed by atoms with van der Waals surface area (Å²) in [5, 5.41) is 7.40. The van der Waals surface area contributed by atoms with Crippen LogP contribution in [0.15, 0.2) is 47.5 Å². The molecule has 4 N–H and O–H groups in total. The number of aromatic nitrogens is 1. The maximum absolute atomic E-state index is 5.99. The Morgan fingerprint density at radius 2 is 2.04 bits per heavy atom. The van der Waals surface area contributed by atoms with Crippen LogP contribution >= 0.6 is 11.3 Å². The average Bonchev–Trinajstić information content (AvgIpc) is 3.24. The molecular weight excluding hydrogens is 330 g/mol. The van der Waals surface area contributed by atoms with Crippen LogP contribution in [0.5, 0.6) is 0 Å². The van der Waals surface area contributed by atoms with Gasteiger partial charge in [-0.25, -0.2) is 4.98 Å². The summed E-state index contributed by atoms with van der Waals surface area (Å²) in [5.74, 6) is 0.448. The van der Waals surface area contributed by atoms with E-state index in [2.05, 4.69) is 44.9 Å². The molecule has 3 aromatic rings. The number of hydrogen-bond donors (Lipinski definition) is 3. The first kappa shape index (κ1) is 15.9. The van der Waals surface area contributed by atoms with Crippen LogP contribution in [-0.4, -0.2) is 24.0 Å². The van der Waals surface area contributed by atoms with Crippen LogP contribution in [0.4, 0.5) is 10.8 Å². The number of para-hydroxylation sites is 1. The zero-order valence-electron chi connectivity index (χ0n) is 14.0. The van der Waals surface area contributed by atoms with Gasteiger partial charge in [0.1, 0.15) is 0 Å². The largest absolute Gasteiger partial charge is 0.370 e. The summed E-state index contributed by atoms with van der Waals surface area (Å²) in [6, 6.07) is 14.6. The van der Waals surface area contributed by atoms with Gasteiger partial charge in [-0.2, -0.15) is 0 Å². The number of thiazole rings is 1. The molecule has 0 bridgehead atoms. The molecule has 4 rings (SSSR count). The van der Waals surface area contributed by atoms with Gasteiger partial charge in [0.25, 0.3) is 0 Å². The van der Waals surface area contributed by atoms with E-state index in [0.29, 0.717) is 19.0 Å². The molecule has 128 valence electrons. The fourth-order valence-electron chi connectivity index (χ4n) is 3.12. The Hall–Kier alpha value is -2.60. The van der Waals surface area contributed by atoms with E-state index in [4.69, 9.17) is 5.73 Å². The van der Waals surface area contributed by atoms with E-state index < -0.39 is 0 Å². The molecular formula is C19H21N5S. The number of nitrogens with zero attached hydrogens (tertiary/aromatic N) is 2. The molecule has 0 unspecified atom stereocenters. The van der Waals surface area contributed by atoms with Crippen LogP contribution < -0.4 is 16.4 Å². The van der Waals surface area contributed by atoms with Crippen molar-refractivity contribution in [3.05, 3.63) is 53.6 Å². The van der Waals surface area contributed by atoms with Crippen molar-refractivity contribution in [1.82, 2.24) is 4.98 Å². The lowest BCUT2D eigenvalue weighted by Gasteiger charge is -2.08. The van der Waals surface area contributed by atoms with Gasteiger partial charge < -0.3 is 16.4 Å². The molecule has 0 aliphatic heterocycles. The molecule has 0 saturated carbocycles. The quantitative estimate of drug-likeness (QED) is 0.373. The second kappa shape index (κ2) is 7.11. The van der Waals surface area contributed by atoms with Crippen molar-refractivity contribution in [2.45, 2.75) is 19.3 Å². The zero-order chi connectivity index (χ0) is 17.1. The lowest BCUT2D eigenvalue weighted by atomic mass is 10.1. The van der Waals surface area contributed by atoms with Crippen LogP contribution in [0.2, 0.25) is 0 Å². The third-order valence-corrected chi connectivity index (χ3v) is 5.33. The van der Waals surface area contributed by atoms with Crippen molar-refractivity contribution in [3.8, 4) is 0 Å². The standard InChI is InChI=1S/C19H21N5S/c20-18(23-15-9-8-13-4-3-5-14(13)12-15)21-10-11-22-19-24-16-6-1-2-7-17(16)25-19/h1-2,6-9,12H,3-5,10-11H2,(H,22,24)(H3,20,21,23). The summed E-state index contributed by atoms with van der Waals surface area (Å²) in [7, 11) is 0. The maximum Gasteiger partial charge on any atom is 0.193 e. The van der Waals surface area contributed by atoms with E-state index in [1.54, 1.807) is 11.3 Å². The highest BCUT2D eigenvalue weighted by Gasteiger charge is 2.10. The maximum atomic E-state index is 5.99. The second-order valence-electron chi connectivity index (χ2n) is 6.14. The van der Waals surface area contributed by atoms with Gasteiger partial charge in [0.15, 0.2) is 11.1 Å². The van der Waals surface area contributed by atoms with Gasteiger partial charge in [0.05, 0.1) is 16.8 Å². The average molecular weight is 351 g/mol. The highest BCUT2D eigenvalue weighted by Crippen LogP contribution is 2.25. The number of rotatable bonds is 5. The number of hydrogen-bond acceptors (Lipinski definition) is 4. The molecule has 0 fully saturated rings. The Labute approximate surface area is 151 Å². The molecule has 1 aliphatic carbocycles. The molecule has 6 heteroatoms. The van der Waals surface area contributed by atoms with Crippen molar-refractivity contribution < 1.29 is 0 Å². The Morgan fingerprint density at radius 3 is 2.96 bits per heavy atom. The molecule has 0 radical (unpaired) electrons. The zero-order valence-corrected chi connectivity index (χ0v) is 14.8. The third kappa shape index (κ3) is 3.74. The summed E-state index contributed by atoms with van der Waals surface area (Å²) >= 11 is 1.65. The number of nitrogens with one attached hydrogen (secondary N) is 2. The van der Waals surface area contributed by atoms with Crippen molar-refractivity contribution >= 4 is 38.3 Å². The first-order chi connectivity index (χ1) is 12.3. The highest BCUT2D eigenvalue weighted by atomic mass is 32.1. The van der Waals surface area contributed by atoms with Gasteiger partial charge in [-0.05, 0) is 54.7 Å². The fraction of sp³-hybridized carbons (Fsp3) is 0.263. The second-order valence-corrected chi connectivity index (χ2v) is 7.17. The minimum atomic E-state index is 0.448. The topological polar surface area (TPSA) is 75.3 Å². The first-order valence-corrected chi connectivity index (χ1v) is 9.38. The molecule has 1 aliphatic rings. The summed E-state index contributed by atoms with van der Waals surface area (Å²) in [6.07, 6.45) is 3.60. The number of aliphatic imine (C=N–C) groups is 1. The van der Waals surface area contributed by atoms with Crippen LogP contribution in [0.25, 0.3) is 10.2 Å². The van der Waals surface area contributed by atoms with Crippen LogP contribution in [0.3, 0.4) is 0 Å². The van der Waals surface area contributed by atoms with Gasteiger partial charge in [0, 0.05) is 12.2 Å². The number of anilines is 2. The Kier molecular flexibility index (Phi) is 4.52. The first-order valence-electron chi connectivity index (χ1n) is 8.56. The predicted molar refractivity (Wildman–Crippen MR) is 107 cm³/mol. The van der Waals surface area contributed by atoms with E-state index in [9.17, 15) is 0 Å². The van der Waals surface area contributed by atoms with Crippen LogP contribution in [0.1, 0.15) is 17.5 Å². The summed E-state index contributed by atoms with van der Waals surface area (Å²) in [6.45, 7) is 1.30. The lowest BCUT2D eigenvalue weighted by Crippen LogP contribution is -2.23. The molecule has 0 atom stereocenters. The van der Waals surface area contributed by atoms with E-state index in [0.717, 1.165) is 22.8 Å². The minimum absolute atomic E-state index is 0.448. The SMILES string of the molecule is NC(=NCCNc1nc2ccccc2s1)Nc1ccc2c(c1)CCC2. The summed E-state index contributed by atoms with van der Waals surface area (Å²) in [5.41, 5.74) is 10.9. The Balaban J connectivity index is 1.29. The number of benzene rings is 2. The van der Waals surface area contributed by atoms with Crippen molar-refractivity contribution in [2.24, 2.45) is 10.7 Å². The van der Waals surface area contributed by atoms with Gasteiger partial charge in [0.2, 0.25) is 0 Å². The molecule has 0 saturated heterocycles. The normalized spacial score (nSPS) is 13.8. The number of aryl methyl sites for hydroxylation is 2. The molecule has 1 heterocycles. The fourth-order valence-corrected chi connectivity index (χ4v) is 4.02.